The zero-order valence-electron chi connectivity index (χ0n) is 15.1. The summed E-state index contributed by atoms with van der Waals surface area (Å²) in [5.74, 6) is 0.315. The molecule has 0 atom stereocenters. The lowest BCUT2D eigenvalue weighted by Gasteiger charge is -2.07. The number of halogens is 1. The van der Waals surface area contributed by atoms with Crippen molar-refractivity contribution in [3.63, 3.8) is 0 Å². The van der Waals surface area contributed by atoms with E-state index in [1.54, 1.807) is 12.1 Å². The smallest absolute Gasteiger partial charge is 0.342 e. The van der Waals surface area contributed by atoms with E-state index < -0.39 is 5.97 Å². The number of carboxylic acids is 1. The monoisotopic (exact) mass is 415 g/mol. The third-order valence-corrected chi connectivity index (χ3v) is 4.86. The van der Waals surface area contributed by atoms with Crippen molar-refractivity contribution < 1.29 is 14.6 Å². The van der Waals surface area contributed by atoms with E-state index in [0.29, 0.717) is 40.3 Å². The number of nitrogens with zero attached hydrogens (tertiary/aromatic N) is 2. The number of thioether (sulfide) groups is 1. The molecule has 0 amide bonds. The van der Waals surface area contributed by atoms with Crippen LogP contribution >= 0.6 is 23.4 Å². The van der Waals surface area contributed by atoms with Crippen LogP contribution in [0.1, 0.15) is 23.9 Å². The molecular formula is C20H18ClN3O3S. The summed E-state index contributed by atoms with van der Waals surface area (Å²) in [7, 11) is 0. The minimum atomic E-state index is -1.04. The van der Waals surface area contributed by atoms with Crippen molar-refractivity contribution in [2.75, 3.05) is 0 Å². The highest BCUT2D eigenvalue weighted by Crippen LogP contribution is 2.27. The average Bonchev–Trinajstić information content (AvgIpc) is 3.15. The van der Waals surface area contributed by atoms with Crippen LogP contribution in [-0.2, 0) is 17.8 Å². The Bertz CT molecular complexity index is 986. The lowest BCUT2D eigenvalue weighted by atomic mass is 10.2. The standard InChI is InChI=1S/C20H18ClN3O3S/c1-2-18-22-20(24-23-18)28-17(19(25)26)11-14-4-3-5-16(10-14)27-12-13-6-8-15(21)9-7-13/h3-11H,2,12H2,1H3,(H,25,26)(H,22,23,24)/b17-11-. The highest BCUT2D eigenvalue weighted by molar-refractivity contribution is 8.04. The lowest BCUT2D eigenvalue weighted by molar-refractivity contribution is -0.131. The number of H-pyrrole nitrogens is 1. The Labute approximate surface area is 171 Å². The van der Waals surface area contributed by atoms with Crippen LogP contribution in [0.4, 0.5) is 0 Å². The summed E-state index contributed by atoms with van der Waals surface area (Å²) >= 11 is 6.88. The van der Waals surface area contributed by atoms with Crippen molar-refractivity contribution >= 4 is 35.4 Å². The van der Waals surface area contributed by atoms with Crippen LogP contribution < -0.4 is 4.74 Å². The molecule has 144 valence electrons. The summed E-state index contributed by atoms with van der Waals surface area (Å²) in [6.07, 6.45) is 2.27. The number of ether oxygens (including phenoxy) is 1. The molecule has 3 rings (SSSR count). The van der Waals surface area contributed by atoms with Gasteiger partial charge in [-0.25, -0.2) is 9.78 Å². The number of hydrogen-bond acceptors (Lipinski definition) is 5. The minimum absolute atomic E-state index is 0.122. The van der Waals surface area contributed by atoms with Crippen LogP contribution in [0.3, 0.4) is 0 Å². The second kappa shape index (κ2) is 9.43. The van der Waals surface area contributed by atoms with Crippen molar-refractivity contribution in [1.82, 2.24) is 15.2 Å². The molecule has 1 aromatic heterocycles. The SMILES string of the molecule is CCc1nc(S/C(=C\c2cccc(OCc3ccc(Cl)cc3)c2)C(=O)O)n[nH]1. The summed E-state index contributed by atoms with van der Waals surface area (Å²) in [5, 5.41) is 17.4. The number of carboxylic acid groups (broad SMARTS) is 1. The Morgan fingerprint density at radius 1 is 1.29 bits per heavy atom. The maximum atomic E-state index is 11.6. The molecule has 2 aromatic carbocycles. The van der Waals surface area contributed by atoms with E-state index >= 15 is 0 Å². The van der Waals surface area contributed by atoms with Crippen molar-refractivity contribution in [3.05, 3.63) is 75.4 Å². The molecule has 0 spiro atoms. The summed E-state index contributed by atoms with van der Waals surface area (Å²) in [6.45, 7) is 2.33. The van der Waals surface area contributed by atoms with Crippen LogP contribution in [-0.4, -0.2) is 26.3 Å². The molecule has 0 fully saturated rings. The molecule has 0 aliphatic rings. The van der Waals surface area contributed by atoms with Gasteiger partial charge in [-0.15, -0.1) is 5.10 Å². The number of hydrogen-bond donors (Lipinski definition) is 2. The molecule has 8 heteroatoms. The molecule has 6 nitrogen and oxygen atoms in total. The van der Waals surface area contributed by atoms with Gasteiger partial charge in [0.05, 0.1) is 0 Å². The maximum absolute atomic E-state index is 11.6. The van der Waals surface area contributed by atoms with Gasteiger partial charge >= 0.3 is 5.97 Å². The van der Waals surface area contributed by atoms with Gasteiger partial charge < -0.3 is 9.84 Å². The van der Waals surface area contributed by atoms with Gasteiger partial charge in [0.1, 0.15) is 23.1 Å². The maximum Gasteiger partial charge on any atom is 0.342 e. The Morgan fingerprint density at radius 3 is 2.75 bits per heavy atom. The number of aromatic nitrogens is 3. The second-order valence-electron chi connectivity index (χ2n) is 5.82. The fraction of sp³-hybridized carbons (Fsp3) is 0.150. The van der Waals surface area contributed by atoms with Gasteiger partial charge in [0.25, 0.3) is 0 Å². The van der Waals surface area contributed by atoms with E-state index in [-0.39, 0.29) is 4.91 Å². The zero-order chi connectivity index (χ0) is 19.9. The topological polar surface area (TPSA) is 88.1 Å². The average molecular weight is 416 g/mol. The number of aryl methyl sites for hydroxylation is 1. The van der Waals surface area contributed by atoms with E-state index in [1.807, 2.05) is 49.4 Å². The molecule has 1 heterocycles. The number of aromatic amines is 1. The first-order valence-corrected chi connectivity index (χ1v) is 9.74. The summed E-state index contributed by atoms with van der Waals surface area (Å²) < 4.78 is 5.79. The molecule has 0 aliphatic carbocycles. The Kier molecular flexibility index (Phi) is 6.73. The molecule has 0 unspecified atom stereocenters. The van der Waals surface area contributed by atoms with Crippen molar-refractivity contribution in [3.8, 4) is 5.75 Å². The van der Waals surface area contributed by atoms with Crippen LogP contribution in [0.2, 0.25) is 5.02 Å². The predicted octanol–water partition coefficient (Wildman–Crippen LogP) is 4.82. The number of aliphatic carboxylic acids is 1. The largest absolute Gasteiger partial charge is 0.489 e. The zero-order valence-corrected chi connectivity index (χ0v) is 16.6. The number of benzene rings is 2. The first-order chi connectivity index (χ1) is 13.5. The number of nitrogens with one attached hydrogen (secondary N) is 1. The van der Waals surface area contributed by atoms with Crippen LogP contribution in [0.5, 0.6) is 5.75 Å². The van der Waals surface area contributed by atoms with Gasteiger partial charge in [-0.2, -0.15) is 0 Å². The van der Waals surface area contributed by atoms with Crippen LogP contribution in [0, 0.1) is 0 Å². The minimum Gasteiger partial charge on any atom is -0.489 e. The predicted molar refractivity (Wildman–Crippen MR) is 109 cm³/mol. The second-order valence-corrected chi connectivity index (χ2v) is 7.27. The molecule has 0 radical (unpaired) electrons. The van der Waals surface area contributed by atoms with Crippen molar-refractivity contribution in [1.29, 1.82) is 0 Å². The van der Waals surface area contributed by atoms with E-state index in [9.17, 15) is 9.90 Å². The molecule has 3 aromatic rings. The first-order valence-electron chi connectivity index (χ1n) is 8.55. The van der Waals surface area contributed by atoms with Gasteiger partial charge in [0, 0.05) is 11.4 Å². The third kappa shape index (κ3) is 5.61. The van der Waals surface area contributed by atoms with E-state index in [4.69, 9.17) is 16.3 Å². The van der Waals surface area contributed by atoms with Gasteiger partial charge in [0.15, 0.2) is 0 Å². The molecule has 0 aliphatic heterocycles. The van der Waals surface area contributed by atoms with Gasteiger partial charge in [0.2, 0.25) is 5.16 Å². The molecule has 0 saturated carbocycles. The Morgan fingerprint density at radius 2 is 2.07 bits per heavy atom. The molecular weight excluding hydrogens is 398 g/mol. The van der Waals surface area contributed by atoms with Gasteiger partial charge in [-0.1, -0.05) is 42.8 Å². The normalized spacial score (nSPS) is 11.4. The van der Waals surface area contributed by atoms with E-state index in [2.05, 4.69) is 15.2 Å². The number of carbonyl (C=O) groups is 1. The molecule has 2 N–H and O–H groups in total. The van der Waals surface area contributed by atoms with Crippen molar-refractivity contribution in [2.24, 2.45) is 0 Å². The fourth-order valence-corrected chi connectivity index (χ4v) is 3.16. The fourth-order valence-electron chi connectivity index (χ4n) is 2.31. The van der Waals surface area contributed by atoms with Crippen LogP contribution in [0.25, 0.3) is 6.08 Å². The third-order valence-electron chi connectivity index (χ3n) is 3.73. The first kappa shape index (κ1) is 20.0. The molecule has 0 bridgehead atoms. The van der Waals surface area contributed by atoms with Crippen LogP contribution in [0.15, 0.2) is 58.6 Å². The summed E-state index contributed by atoms with van der Waals surface area (Å²) in [4.78, 5) is 16.0. The lowest BCUT2D eigenvalue weighted by Crippen LogP contribution is -1.98. The molecule has 28 heavy (non-hydrogen) atoms. The van der Waals surface area contributed by atoms with Crippen molar-refractivity contribution in [2.45, 2.75) is 25.1 Å². The highest BCUT2D eigenvalue weighted by atomic mass is 35.5. The van der Waals surface area contributed by atoms with E-state index in [1.165, 1.54) is 0 Å². The van der Waals surface area contributed by atoms with E-state index in [0.717, 1.165) is 17.3 Å². The van der Waals surface area contributed by atoms with Gasteiger partial charge in [-0.05, 0) is 53.2 Å². The van der Waals surface area contributed by atoms with Gasteiger partial charge in [-0.3, -0.25) is 5.10 Å². The summed E-state index contributed by atoms with van der Waals surface area (Å²) in [6, 6.07) is 14.6. The highest BCUT2D eigenvalue weighted by Gasteiger charge is 2.13. The number of rotatable bonds is 8. The molecule has 0 saturated heterocycles. The summed E-state index contributed by atoms with van der Waals surface area (Å²) in [5.41, 5.74) is 1.70. The quantitative estimate of drug-likeness (QED) is 0.405. The Balaban J connectivity index is 1.72. The Hall–Kier alpha value is -2.77.